The number of aliphatic imine (C=N–C) groups is 1. The molecule has 1 heterocycles. The van der Waals surface area contributed by atoms with Crippen LogP contribution in [0.1, 0.15) is 18.1 Å². The number of benzene rings is 2. The molecule has 0 aliphatic carbocycles. The van der Waals surface area contributed by atoms with Crippen molar-refractivity contribution in [2.45, 2.75) is 23.7 Å². The van der Waals surface area contributed by atoms with Crippen molar-refractivity contribution in [2.24, 2.45) is 4.99 Å². The van der Waals surface area contributed by atoms with Crippen LogP contribution in [0.5, 0.6) is 0 Å². The first kappa shape index (κ1) is 13.9. The molecule has 0 saturated heterocycles. The molecule has 4 heteroatoms. The Balaban J connectivity index is 1.86. The summed E-state index contributed by atoms with van der Waals surface area (Å²) >= 11 is 1.38. The van der Waals surface area contributed by atoms with Gasteiger partial charge in [-0.25, -0.2) is 0 Å². The summed E-state index contributed by atoms with van der Waals surface area (Å²) in [6, 6.07) is 17.5. The van der Waals surface area contributed by atoms with Crippen molar-refractivity contribution in [2.75, 3.05) is 0 Å². The van der Waals surface area contributed by atoms with E-state index in [1.54, 1.807) is 6.92 Å². The van der Waals surface area contributed by atoms with Crippen molar-refractivity contribution < 1.29 is 9.53 Å². The number of amides is 1. The third-order valence-electron chi connectivity index (χ3n) is 3.31. The molecule has 106 valence electrons. The molecular weight excluding hydrogens is 282 g/mol. The Bertz CT molecular complexity index is 712. The molecule has 21 heavy (non-hydrogen) atoms. The molecule has 0 saturated carbocycles. The number of hydrogen-bond acceptors (Lipinski definition) is 3. The van der Waals surface area contributed by atoms with Gasteiger partial charge in [0.25, 0.3) is 0 Å². The van der Waals surface area contributed by atoms with E-state index < -0.39 is 4.93 Å². The number of carbonyl (C=O) groups is 1. The molecule has 0 spiro atoms. The summed E-state index contributed by atoms with van der Waals surface area (Å²) in [7, 11) is 0. The number of ether oxygens (including phenoxy) is 1. The van der Waals surface area contributed by atoms with Gasteiger partial charge in [-0.05, 0) is 37.6 Å². The SMILES string of the molecule is Cc1ccccc1C1=NC(=O)[C@](C)(Sc2ccccc2)O1. The fourth-order valence-electron chi connectivity index (χ4n) is 2.15. The molecule has 0 bridgehead atoms. The minimum absolute atomic E-state index is 0.255. The quantitative estimate of drug-likeness (QED) is 0.864. The van der Waals surface area contributed by atoms with E-state index in [1.807, 2.05) is 61.5 Å². The average molecular weight is 297 g/mol. The topological polar surface area (TPSA) is 38.7 Å². The third kappa shape index (κ3) is 2.72. The first-order chi connectivity index (χ1) is 10.1. The lowest BCUT2D eigenvalue weighted by Gasteiger charge is -2.21. The number of hydrogen-bond donors (Lipinski definition) is 0. The van der Waals surface area contributed by atoms with Gasteiger partial charge in [0.05, 0.1) is 0 Å². The van der Waals surface area contributed by atoms with E-state index in [-0.39, 0.29) is 5.91 Å². The van der Waals surface area contributed by atoms with Crippen LogP contribution >= 0.6 is 11.8 Å². The van der Waals surface area contributed by atoms with Gasteiger partial charge < -0.3 is 4.74 Å². The van der Waals surface area contributed by atoms with Gasteiger partial charge in [0.1, 0.15) is 0 Å². The van der Waals surface area contributed by atoms with Gasteiger partial charge in [0, 0.05) is 10.5 Å². The second-order valence-electron chi connectivity index (χ2n) is 5.00. The van der Waals surface area contributed by atoms with Gasteiger partial charge in [0.15, 0.2) is 0 Å². The molecule has 1 amide bonds. The number of thioether (sulfide) groups is 1. The zero-order valence-corrected chi connectivity index (χ0v) is 12.7. The second-order valence-corrected chi connectivity index (χ2v) is 6.45. The summed E-state index contributed by atoms with van der Waals surface area (Å²) in [6.07, 6.45) is 0. The van der Waals surface area contributed by atoms with Crippen LogP contribution in [0.4, 0.5) is 0 Å². The first-order valence-corrected chi connectivity index (χ1v) is 7.52. The first-order valence-electron chi connectivity index (χ1n) is 6.71. The molecule has 3 rings (SSSR count). The van der Waals surface area contributed by atoms with Crippen molar-refractivity contribution in [3.05, 3.63) is 65.7 Å². The smallest absolute Gasteiger partial charge is 0.303 e. The van der Waals surface area contributed by atoms with E-state index in [2.05, 4.69) is 4.99 Å². The largest absolute Gasteiger partial charge is 0.449 e. The summed E-state index contributed by atoms with van der Waals surface area (Å²) in [6.45, 7) is 3.74. The highest BCUT2D eigenvalue weighted by atomic mass is 32.2. The van der Waals surface area contributed by atoms with Crippen LogP contribution in [-0.2, 0) is 9.53 Å². The molecule has 0 fully saturated rings. The van der Waals surface area contributed by atoms with Crippen molar-refractivity contribution in [3.8, 4) is 0 Å². The van der Waals surface area contributed by atoms with Gasteiger partial charge >= 0.3 is 5.91 Å². The minimum Gasteiger partial charge on any atom is -0.449 e. The Hall–Kier alpha value is -2.07. The highest BCUT2D eigenvalue weighted by Crippen LogP contribution is 2.39. The molecule has 1 aliphatic rings. The lowest BCUT2D eigenvalue weighted by molar-refractivity contribution is -0.123. The highest BCUT2D eigenvalue weighted by Gasteiger charge is 2.43. The standard InChI is InChI=1S/C17H15NO2S/c1-12-8-6-7-11-14(12)15-18-16(19)17(2,20-15)21-13-9-4-3-5-10-13/h3-11H,1-2H3/t17-/m0/s1. The molecule has 1 aliphatic heterocycles. The van der Waals surface area contributed by atoms with Crippen LogP contribution in [0.2, 0.25) is 0 Å². The zero-order chi connectivity index (χ0) is 14.9. The Morgan fingerprint density at radius 1 is 1.05 bits per heavy atom. The summed E-state index contributed by atoms with van der Waals surface area (Å²) in [5, 5.41) is 0. The fourth-order valence-corrected chi connectivity index (χ4v) is 3.15. The van der Waals surface area contributed by atoms with Crippen molar-refractivity contribution in [1.82, 2.24) is 0 Å². The molecule has 2 aromatic carbocycles. The predicted molar refractivity (Wildman–Crippen MR) is 84.5 cm³/mol. The van der Waals surface area contributed by atoms with Gasteiger partial charge in [-0.15, -0.1) is 0 Å². The Labute approximate surface area is 128 Å². The Morgan fingerprint density at radius 3 is 2.43 bits per heavy atom. The molecule has 1 atom stereocenters. The van der Waals surface area contributed by atoms with Gasteiger partial charge in [-0.2, -0.15) is 4.99 Å². The third-order valence-corrected chi connectivity index (χ3v) is 4.47. The number of aryl methyl sites for hydroxylation is 1. The summed E-state index contributed by atoms with van der Waals surface area (Å²) in [5.41, 5.74) is 1.90. The molecule has 0 unspecified atom stereocenters. The minimum atomic E-state index is -1.00. The van der Waals surface area contributed by atoms with E-state index in [0.717, 1.165) is 16.0 Å². The molecular formula is C17H15NO2S. The second kappa shape index (κ2) is 5.37. The van der Waals surface area contributed by atoms with Gasteiger partial charge in [-0.1, -0.05) is 48.2 Å². The number of nitrogens with zero attached hydrogens (tertiary/aromatic N) is 1. The van der Waals surface area contributed by atoms with E-state index in [1.165, 1.54) is 11.8 Å². The van der Waals surface area contributed by atoms with E-state index in [4.69, 9.17) is 4.74 Å². The van der Waals surface area contributed by atoms with Crippen LogP contribution in [0.3, 0.4) is 0 Å². The van der Waals surface area contributed by atoms with Crippen LogP contribution < -0.4 is 0 Å². The van der Waals surface area contributed by atoms with Gasteiger partial charge in [0.2, 0.25) is 10.8 Å². The average Bonchev–Trinajstić information content (AvgIpc) is 2.76. The fraction of sp³-hybridized carbons (Fsp3) is 0.176. The van der Waals surface area contributed by atoms with Crippen LogP contribution in [0.25, 0.3) is 0 Å². The van der Waals surface area contributed by atoms with E-state index in [0.29, 0.717) is 5.90 Å². The maximum Gasteiger partial charge on any atom is 0.303 e. The summed E-state index contributed by atoms with van der Waals surface area (Å²) in [5.74, 6) is 0.152. The van der Waals surface area contributed by atoms with Crippen molar-refractivity contribution >= 4 is 23.6 Å². The maximum absolute atomic E-state index is 12.3. The zero-order valence-electron chi connectivity index (χ0n) is 11.9. The molecule has 2 aromatic rings. The molecule has 0 N–H and O–H groups in total. The monoisotopic (exact) mass is 297 g/mol. The van der Waals surface area contributed by atoms with Crippen LogP contribution in [0, 0.1) is 6.92 Å². The number of rotatable bonds is 3. The Kier molecular flexibility index (Phi) is 3.55. The van der Waals surface area contributed by atoms with E-state index >= 15 is 0 Å². The van der Waals surface area contributed by atoms with Crippen molar-refractivity contribution in [3.63, 3.8) is 0 Å². The predicted octanol–water partition coefficient (Wildman–Crippen LogP) is 3.81. The maximum atomic E-state index is 12.3. The van der Waals surface area contributed by atoms with Crippen LogP contribution in [0.15, 0.2) is 64.5 Å². The van der Waals surface area contributed by atoms with Crippen molar-refractivity contribution in [1.29, 1.82) is 0 Å². The normalized spacial score (nSPS) is 21.0. The molecule has 0 radical (unpaired) electrons. The lowest BCUT2D eigenvalue weighted by Crippen LogP contribution is -2.29. The summed E-state index contributed by atoms with van der Waals surface area (Å²) < 4.78 is 5.90. The molecule has 0 aromatic heterocycles. The van der Waals surface area contributed by atoms with E-state index in [9.17, 15) is 4.79 Å². The number of carbonyl (C=O) groups excluding carboxylic acids is 1. The highest BCUT2D eigenvalue weighted by molar-refractivity contribution is 8.01. The lowest BCUT2D eigenvalue weighted by atomic mass is 10.1. The Morgan fingerprint density at radius 2 is 1.71 bits per heavy atom. The summed E-state index contributed by atoms with van der Waals surface area (Å²) in [4.78, 5) is 16.3. The van der Waals surface area contributed by atoms with Gasteiger partial charge in [-0.3, -0.25) is 4.79 Å². The molecule has 3 nitrogen and oxygen atoms in total. The van der Waals surface area contributed by atoms with Crippen LogP contribution in [-0.4, -0.2) is 16.7 Å².